The van der Waals surface area contributed by atoms with E-state index in [-0.39, 0.29) is 11.3 Å². The predicted molar refractivity (Wildman–Crippen MR) is 115 cm³/mol. The molecule has 0 saturated heterocycles. The molecule has 1 N–H and O–H groups in total. The first kappa shape index (κ1) is 20.7. The molecule has 4 aliphatic carbocycles. The quantitative estimate of drug-likeness (QED) is 0.780. The van der Waals surface area contributed by atoms with Gasteiger partial charge in [-0.2, -0.15) is 15.0 Å². The molecule has 1 heterocycles. The zero-order valence-electron chi connectivity index (χ0n) is 19.0. The van der Waals surface area contributed by atoms with Gasteiger partial charge in [0.1, 0.15) is 6.54 Å². The molecule has 5 rings (SSSR count). The van der Waals surface area contributed by atoms with E-state index in [1.54, 1.807) is 17.2 Å². The minimum Gasteiger partial charge on any atom is -0.390 e. The van der Waals surface area contributed by atoms with Crippen molar-refractivity contribution in [3.63, 3.8) is 0 Å². The molecule has 1 aromatic heterocycles. The molecule has 0 unspecified atom stereocenters. The third-order valence-corrected chi connectivity index (χ3v) is 10.5. The van der Waals surface area contributed by atoms with E-state index in [2.05, 4.69) is 31.0 Å². The molecule has 0 bridgehead atoms. The van der Waals surface area contributed by atoms with Crippen LogP contribution in [0.2, 0.25) is 0 Å². The van der Waals surface area contributed by atoms with Gasteiger partial charge in [0.25, 0.3) is 0 Å². The van der Waals surface area contributed by atoms with Crippen molar-refractivity contribution in [2.75, 3.05) is 0 Å². The number of nitrogens with zero attached hydrogens (tertiary/aromatic N) is 3. The summed E-state index contributed by atoms with van der Waals surface area (Å²) in [6.45, 7) is 7.21. The van der Waals surface area contributed by atoms with Crippen LogP contribution >= 0.6 is 0 Å². The summed E-state index contributed by atoms with van der Waals surface area (Å²) in [5, 5.41) is 19.1. The molecule has 5 nitrogen and oxygen atoms in total. The Labute approximate surface area is 181 Å². The summed E-state index contributed by atoms with van der Waals surface area (Å²) in [4.78, 5) is 14.8. The number of aromatic nitrogens is 3. The molecule has 4 fully saturated rings. The molecule has 5 heteroatoms. The van der Waals surface area contributed by atoms with Crippen LogP contribution in [0.1, 0.15) is 85.0 Å². The molecule has 0 amide bonds. The number of carbonyl (C=O) groups is 1. The maximum Gasteiger partial charge on any atom is 0.159 e. The first-order chi connectivity index (χ1) is 14.3. The van der Waals surface area contributed by atoms with Crippen molar-refractivity contribution in [2.24, 2.45) is 40.4 Å². The summed E-state index contributed by atoms with van der Waals surface area (Å²) in [7, 11) is 0. The van der Waals surface area contributed by atoms with E-state index < -0.39 is 5.60 Å². The summed E-state index contributed by atoms with van der Waals surface area (Å²) in [5.74, 6) is 3.42. The number of Topliss-reactive ketones (excluding diaryl/α,β-unsaturated/α-hetero) is 1. The van der Waals surface area contributed by atoms with Gasteiger partial charge in [-0.15, -0.1) is 0 Å². The summed E-state index contributed by atoms with van der Waals surface area (Å²) in [6, 6.07) is 0. The van der Waals surface area contributed by atoms with Crippen LogP contribution in [0.15, 0.2) is 12.4 Å². The highest BCUT2D eigenvalue weighted by molar-refractivity contribution is 5.82. The number of hydrogen-bond acceptors (Lipinski definition) is 4. The third-order valence-electron chi connectivity index (χ3n) is 10.5. The Morgan fingerprint density at radius 1 is 1.03 bits per heavy atom. The molecular weight excluding hydrogens is 374 g/mol. The van der Waals surface area contributed by atoms with Crippen molar-refractivity contribution in [2.45, 2.75) is 97.1 Å². The Balaban J connectivity index is 1.38. The number of aliphatic hydroxyl groups is 1. The van der Waals surface area contributed by atoms with Gasteiger partial charge in [0.05, 0.1) is 18.0 Å². The lowest BCUT2D eigenvalue weighted by Crippen LogP contribution is -2.56. The van der Waals surface area contributed by atoms with Crippen molar-refractivity contribution in [1.82, 2.24) is 15.0 Å². The van der Waals surface area contributed by atoms with Crippen molar-refractivity contribution in [1.29, 1.82) is 0 Å². The number of fused-ring (bicyclic) bond motifs is 5. The van der Waals surface area contributed by atoms with Gasteiger partial charge >= 0.3 is 0 Å². The second kappa shape index (κ2) is 7.15. The Morgan fingerprint density at radius 3 is 2.53 bits per heavy atom. The van der Waals surface area contributed by atoms with Gasteiger partial charge in [0.2, 0.25) is 0 Å². The molecule has 166 valence electrons. The van der Waals surface area contributed by atoms with E-state index in [0.29, 0.717) is 29.6 Å². The summed E-state index contributed by atoms with van der Waals surface area (Å²) in [5.41, 5.74) is 0.103. The summed E-state index contributed by atoms with van der Waals surface area (Å²) < 4.78 is 0. The van der Waals surface area contributed by atoms with Gasteiger partial charge in [0.15, 0.2) is 5.78 Å². The van der Waals surface area contributed by atoms with Gasteiger partial charge in [-0.3, -0.25) is 4.79 Å². The van der Waals surface area contributed by atoms with Gasteiger partial charge in [-0.05, 0) is 106 Å². The van der Waals surface area contributed by atoms with Gasteiger partial charge in [0, 0.05) is 5.92 Å². The lowest BCUT2D eigenvalue weighted by atomic mass is 9.42. The molecule has 4 aliphatic rings. The second-order valence-corrected chi connectivity index (χ2v) is 11.6. The van der Waals surface area contributed by atoms with Crippen LogP contribution in [0.25, 0.3) is 0 Å². The van der Waals surface area contributed by atoms with E-state index in [4.69, 9.17) is 0 Å². The minimum atomic E-state index is -0.467. The topological polar surface area (TPSA) is 68.0 Å². The normalized spacial score (nSPS) is 47.9. The van der Waals surface area contributed by atoms with Crippen LogP contribution in [0.3, 0.4) is 0 Å². The van der Waals surface area contributed by atoms with E-state index in [9.17, 15) is 9.90 Å². The van der Waals surface area contributed by atoms with Crippen molar-refractivity contribution in [3.8, 4) is 0 Å². The maximum absolute atomic E-state index is 13.2. The molecule has 1 aromatic rings. The fraction of sp³-hybridized carbons (Fsp3) is 0.880. The number of rotatable bonds is 4. The minimum absolute atomic E-state index is 0.146. The molecule has 8 atom stereocenters. The number of ketones is 1. The van der Waals surface area contributed by atoms with Gasteiger partial charge in [-0.1, -0.05) is 13.8 Å². The third kappa shape index (κ3) is 3.02. The molecule has 0 aromatic carbocycles. The molecule has 30 heavy (non-hydrogen) atoms. The Hall–Kier alpha value is -1.23. The van der Waals surface area contributed by atoms with Crippen LogP contribution in [0.5, 0.6) is 0 Å². The van der Waals surface area contributed by atoms with Crippen molar-refractivity contribution in [3.05, 3.63) is 12.4 Å². The Bertz CT molecular complexity index is 790. The molecule has 0 spiro atoms. The smallest absolute Gasteiger partial charge is 0.159 e. The fourth-order valence-corrected chi connectivity index (χ4v) is 9.05. The standard InChI is InChI=1S/C25H39N3O2/c1-4-25-12-11-23(2,30)15-17(25)5-6-18-19-7-8-21(24(19,3)10-9-20(18)25)22(29)16-28-26-13-14-27-28/h13-14,17-21,30H,4-12,15-16H2,1-3H3/t17-,18-,19-,20-,21+,23+,24-,25-/m0/s1. The average molecular weight is 414 g/mol. The summed E-state index contributed by atoms with van der Waals surface area (Å²) >= 11 is 0. The van der Waals surface area contributed by atoms with Crippen molar-refractivity contribution >= 4 is 5.78 Å². The number of carbonyl (C=O) groups excluding carboxylic acids is 1. The van der Waals surface area contributed by atoms with Gasteiger partial charge in [-0.25, -0.2) is 0 Å². The Kier molecular flexibility index (Phi) is 4.92. The highest BCUT2D eigenvalue weighted by Crippen LogP contribution is 2.69. The van der Waals surface area contributed by atoms with E-state index in [1.165, 1.54) is 44.9 Å². The predicted octanol–water partition coefficient (Wildman–Crippen LogP) is 4.65. The second-order valence-electron chi connectivity index (χ2n) is 11.6. The summed E-state index contributed by atoms with van der Waals surface area (Å²) in [6.07, 6.45) is 15.0. The van der Waals surface area contributed by atoms with Crippen LogP contribution in [-0.2, 0) is 11.3 Å². The molecule has 4 saturated carbocycles. The highest BCUT2D eigenvalue weighted by atomic mass is 16.3. The molecule has 0 radical (unpaired) electrons. The molecule has 0 aliphatic heterocycles. The van der Waals surface area contributed by atoms with Crippen LogP contribution in [0.4, 0.5) is 0 Å². The van der Waals surface area contributed by atoms with Crippen LogP contribution in [0, 0.1) is 40.4 Å². The molecular formula is C25H39N3O2. The van der Waals surface area contributed by atoms with E-state index in [0.717, 1.165) is 31.1 Å². The van der Waals surface area contributed by atoms with E-state index in [1.807, 2.05) is 0 Å². The first-order valence-electron chi connectivity index (χ1n) is 12.4. The van der Waals surface area contributed by atoms with Crippen LogP contribution in [-0.4, -0.2) is 31.5 Å². The highest BCUT2D eigenvalue weighted by Gasteiger charge is 2.62. The average Bonchev–Trinajstić information content (AvgIpc) is 3.34. The van der Waals surface area contributed by atoms with Crippen LogP contribution < -0.4 is 0 Å². The maximum atomic E-state index is 13.2. The monoisotopic (exact) mass is 413 g/mol. The first-order valence-corrected chi connectivity index (χ1v) is 12.4. The SMILES string of the molecule is CC[C@]12CC[C@@](C)(O)C[C@@H]1CC[C@H]1[C@@H]3CC[C@H](C(=O)Cn4nccn4)[C@@]3(C)CC[C@@H]12. The fourth-order valence-electron chi connectivity index (χ4n) is 9.05. The van der Waals surface area contributed by atoms with E-state index >= 15 is 0 Å². The van der Waals surface area contributed by atoms with Gasteiger partial charge < -0.3 is 5.11 Å². The largest absolute Gasteiger partial charge is 0.390 e. The van der Waals surface area contributed by atoms with Crippen molar-refractivity contribution < 1.29 is 9.90 Å². The lowest BCUT2D eigenvalue weighted by molar-refractivity contribution is -0.158. The zero-order chi connectivity index (χ0) is 21.1. The zero-order valence-corrected chi connectivity index (χ0v) is 19.0. The Morgan fingerprint density at radius 2 is 1.80 bits per heavy atom. The lowest BCUT2D eigenvalue weighted by Gasteiger charge is -2.63. The number of hydrogen-bond donors (Lipinski definition) is 1.